The summed E-state index contributed by atoms with van der Waals surface area (Å²) in [6.07, 6.45) is 0. The predicted molar refractivity (Wildman–Crippen MR) is 71.1 cm³/mol. The van der Waals surface area contributed by atoms with Gasteiger partial charge in [-0.2, -0.15) is 0 Å². The number of benzene rings is 1. The molecule has 112 valence electrons. The molecule has 9 nitrogen and oxygen atoms in total. The van der Waals surface area contributed by atoms with Crippen LogP contribution in [-0.2, 0) is 4.79 Å². The third-order valence-electron chi connectivity index (χ3n) is 2.47. The Bertz CT molecular complexity index is 599. The lowest BCUT2D eigenvalue weighted by molar-refractivity contribution is -0.384. The Morgan fingerprint density at radius 1 is 1.19 bits per heavy atom. The van der Waals surface area contributed by atoms with E-state index in [0.717, 1.165) is 18.2 Å². The highest BCUT2D eigenvalue weighted by molar-refractivity contribution is 6.05. The van der Waals surface area contributed by atoms with Crippen molar-refractivity contribution in [3.63, 3.8) is 0 Å². The summed E-state index contributed by atoms with van der Waals surface area (Å²) in [5, 5.41) is 24.5. The monoisotopic (exact) mass is 295 g/mol. The number of carboxylic acid groups (broad SMARTS) is 1. The molecule has 0 aliphatic carbocycles. The van der Waals surface area contributed by atoms with Crippen molar-refractivity contribution in [2.75, 3.05) is 13.1 Å². The van der Waals surface area contributed by atoms with Gasteiger partial charge in [0.05, 0.1) is 16.1 Å². The van der Waals surface area contributed by atoms with Gasteiger partial charge in [-0.05, 0) is 6.07 Å². The molecule has 2 amide bonds. The second-order valence-corrected chi connectivity index (χ2v) is 4.03. The first-order valence-corrected chi connectivity index (χ1v) is 5.87. The number of nitrogens with zero attached hydrogens (tertiary/aromatic N) is 1. The average molecular weight is 295 g/mol. The molecule has 21 heavy (non-hydrogen) atoms. The molecular weight excluding hydrogens is 282 g/mol. The van der Waals surface area contributed by atoms with E-state index in [1.54, 1.807) is 0 Å². The number of carboxylic acids is 1. The molecule has 1 aromatic rings. The Morgan fingerprint density at radius 3 is 2.33 bits per heavy atom. The standard InChI is InChI=1S/C12H13N3O6/c1-7(16)13-4-5-14-11(17)10-6-8(15(20)21)2-3-9(10)12(18)19/h2-3,6H,4-5H2,1H3,(H,13,16)(H,14,17)(H,18,19). The second kappa shape index (κ2) is 6.98. The number of aromatic carboxylic acids is 1. The van der Waals surface area contributed by atoms with E-state index in [0.29, 0.717) is 0 Å². The number of amides is 2. The highest BCUT2D eigenvalue weighted by Gasteiger charge is 2.20. The molecule has 0 aromatic heterocycles. The third-order valence-corrected chi connectivity index (χ3v) is 2.47. The topological polar surface area (TPSA) is 139 Å². The van der Waals surface area contributed by atoms with E-state index in [9.17, 15) is 24.5 Å². The Balaban J connectivity index is 2.89. The lowest BCUT2D eigenvalue weighted by Crippen LogP contribution is -2.34. The molecule has 0 aliphatic rings. The number of hydrogen-bond acceptors (Lipinski definition) is 5. The number of carbonyl (C=O) groups excluding carboxylic acids is 2. The van der Waals surface area contributed by atoms with Crippen LogP contribution >= 0.6 is 0 Å². The minimum atomic E-state index is -1.36. The quantitative estimate of drug-likeness (QED) is 0.388. The first kappa shape index (κ1) is 16.1. The summed E-state index contributed by atoms with van der Waals surface area (Å²) in [6.45, 7) is 1.55. The maximum atomic E-state index is 11.9. The molecule has 0 unspecified atom stereocenters. The lowest BCUT2D eigenvalue weighted by Gasteiger charge is -2.08. The first-order chi connectivity index (χ1) is 9.82. The molecule has 0 saturated heterocycles. The van der Waals surface area contributed by atoms with Crippen molar-refractivity contribution in [1.82, 2.24) is 10.6 Å². The average Bonchev–Trinajstić information content (AvgIpc) is 2.42. The highest BCUT2D eigenvalue weighted by atomic mass is 16.6. The fourth-order valence-corrected chi connectivity index (χ4v) is 1.53. The molecular formula is C12H13N3O6. The molecule has 0 atom stereocenters. The molecule has 3 N–H and O–H groups in total. The Kier molecular flexibility index (Phi) is 5.35. The SMILES string of the molecule is CC(=O)NCCNC(=O)c1cc([N+](=O)[O-])ccc1C(=O)O. The lowest BCUT2D eigenvalue weighted by atomic mass is 10.1. The van der Waals surface area contributed by atoms with Gasteiger partial charge in [-0.3, -0.25) is 19.7 Å². The van der Waals surface area contributed by atoms with E-state index in [2.05, 4.69) is 10.6 Å². The number of carbonyl (C=O) groups is 3. The van der Waals surface area contributed by atoms with Crippen LogP contribution in [0.1, 0.15) is 27.6 Å². The van der Waals surface area contributed by atoms with Gasteiger partial charge in [0.25, 0.3) is 11.6 Å². The zero-order valence-electron chi connectivity index (χ0n) is 11.1. The van der Waals surface area contributed by atoms with Crippen molar-refractivity contribution in [2.45, 2.75) is 6.92 Å². The fraction of sp³-hybridized carbons (Fsp3) is 0.250. The van der Waals surface area contributed by atoms with Gasteiger partial charge >= 0.3 is 5.97 Å². The van der Waals surface area contributed by atoms with E-state index < -0.39 is 16.8 Å². The molecule has 1 rings (SSSR count). The summed E-state index contributed by atoms with van der Waals surface area (Å²) in [5.41, 5.74) is -1.02. The van der Waals surface area contributed by atoms with Gasteiger partial charge in [0.2, 0.25) is 5.91 Å². The van der Waals surface area contributed by atoms with Crippen LogP contribution in [-0.4, -0.2) is 40.9 Å². The first-order valence-electron chi connectivity index (χ1n) is 5.87. The number of hydrogen-bond donors (Lipinski definition) is 3. The minimum Gasteiger partial charge on any atom is -0.478 e. The van der Waals surface area contributed by atoms with Crippen molar-refractivity contribution in [1.29, 1.82) is 0 Å². The molecule has 0 radical (unpaired) electrons. The van der Waals surface area contributed by atoms with Crippen LogP contribution < -0.4 is 10.6 Å². The van der Waals surface area contributed by atoms with Crippen LogP contribution in [0.2, 0.25) is 0 Å². The van der Waals surface area contributed by atoms with Gasteiger partial charge in [0.1, 0.15) is 0 Å². The predicted octanol–water partition coefficient (Wildman–Crippen LogP) is 0.159. The highest BCUT2D eigenvalue weighted by Crippen LogP contribution is 2.18. The maximum Gasteiger partial charge on any atom is 0.336 e. The van der Waals surface area contributed by atoms with Crippen LogP contribution in [0.3, 0.4) is 0 Å². The summed E-state index contributed by atoms with van der Waals surface area (Å²) in [7, 11) is 0. The maximum absolute atomic E-state index is 11.9. The van der Waals surface area contributed by atoms with Gasteiger partial charge in [0.15, 0.2) is 0 Å². The largest absolute Gasteiger partial charge is 0.478 e. The summed E-state index contributed by atoms with van der Waals surface area (Å²) in [4.78, 5) is 43.5. The van der Waals surface area contributed by atoms with E-state index in [4.69, 9.17) is 5.11 Å². The van der Waals surface area contributed by atoms with Gasteiger partial charge in [-0.1, -0.05) is 0 Å². The van der Waals surface area contributed by atoms with E-state index in [-0.39, 0.29) is 35.8 Å². The van der Waals surface area contributed by atoms with Crippen LogP contribution in [0.25, 0.3) is 0 Å². The second-order valence-electron chi connectivity index (χ2n) is 4.03. The molecule has 1 aromatic carbocycles. The van der Waals surface area contributed by atoms with Crippen LogP contribution in [0.5, 0.6) is 0 Å². The van der Waals surface area contributed by atoms with Crippen molar-refractivity contribution in [3.05, 3.63) is 39.4 Å². The minimum absolute atomic E-state index is 0.0696. The van der Waals surface area contributed by atoms with Crippen LogP contribution in [0, 0.1) is 10.1 Å². The van der Waals surface area contributed by atoms with Gasteiger partial charge in [-0.25, -0.2) is 4.79 Å². The molecule has 0 bridgehead atoms. The third kappa shape index (κ3) is 4.56. The molecule has 9 heteroatoms. The van der Waals surface area contributed by atoms with Crippen molar-refractivity contribution in [2.24, 2.45) is 0 Å². The fourth-order valence-electron chi connectivity index (χ4n) is 1.53. The van der Waals surface area contributed by atoms with E-state index in [1.165, 1.54) is 6.92 Å². The smallest absolute Gasteiger partial charge is 0.336 e. The number of rotatable bonds is 6. The summed E-state index contributed by atoms with van der Waals surface area (Å²) < 4.78 is 0. The Labute approximate surface area is 119 Å². The van der Waals surface area contributed by atoms with E-state index in [1.807, 2.05) is 0 Å². The Morgan fingerprint density at radius 2 is 1.81 bits per heavy atom. The molecule has 0 fully saturated rings. The molecule has 0 aliphatic heterocycles. The number of nitro benzene ring substituents is 1. The van der Waals surface area contributed by atoms with Crippen molar-refractivity contribution in [3.8, 4) is 0 Å². The van der Waals surface area contributed by atoms with Gasteiger partial charge in [-0.15, -0.1) is 0 Å². The van der Waals surface area contributed by atoms with Gasteiger partial charge < -0.3 is 15.7 Å². The summed E-state index contributed by atoms with van der Waals surface area (Å²) in [5.74, 6) is -2.40. The molecule has 0 heterocycles. The summed E-state index contributed by atoms with van der Waals surface area (Å²) >= 11 is 0. The normalized spacial score (nSPS) is 9.76. The zero-order chi connectivity index (χ0) is 16.0. The molecule has 0 spiro atoms. The number of non-ortho nitro benzene ring substituents is 1. The van der Waals surface area contributed by atoms with Crippen molar-refractivity contribution < 1.29 is 24.4 Å². The summed E-state index contributed by atoms with van der Waals surface area (Å²) in [6, 6.07) is 2.91. The van der Waals surface area contributed by atoms with Crippen LogP contribution in [0.4, 0.5) is 5.69 Å². The zero-order valence-corrected chi connectivity index (χ0v) is 11.1. The van der Waals surface area contributed by atoms with Crippen LogP contribution in [0.15, 0.2) is 18.2 Å². The van der Waals surface area contributed by atoms with Gasteiger partial charge in [0, 0.05) is 32.1 Å². The molecule has 0 saturated carbocycles. The number of nitro groups is 1. The van der Waals surface area contributed by atoms with E-state index >= 15 is 0 Å². The Hall–Kier alpha value is -2.97. The van der Waals surface area contributed by atoms with Crippen molar-refractivity contribution >= 4 is 23.5 Å². The number of nitrogens with one attached hydrogen (secondary N) is 2.